The molecule has 0 spiro atoms. The summed E-state index contributed by atoms with van der Waals surface area (Å²) in [5.41, 5.74) is 0.392. The summed E-state index contributed by atoms with van der Waals surface area (Å²) in [5, 5.41) is 0. The molecule has 1 aliphatic rings. The summed E-state index contributed by atoms with van der Waals surface area (Å²) in [6.45, 7) is 3.59. The van der Waals surface area contributed by atoms with Gasteiger partial charge in [-0.05, 0) is 32.0 Å². The van der Waals surface area contributed by atoms with E-state index in [1.54, 1.807) is 32.0 Å². The quantitative estimate of drug-likeness (QED) is 0.784. The van der Waals surface area contributed by atoms with Gasteiger partial charge in [0.1, 0.15) is 23.7 Å². The van der Waals surface area contributed by atoms with Gasteiger partial charge in [0.05, 0.1) is 19.2 Å². The summed E-state index contributed by atoms with van der Waals surface area (Å²) in [6.07, 6.45) is -0.295. The van der Waals surface area contributed by atoms with Gasteiger partial charge >= 0.3 is 5.97 Å². The van der Waals surface area contributed by atoms with Crippen LogP contribution in [0.25, 0.3) is 0 Å². The Morgan fingerprint density at radius 2 is 2.00 bits per heavy atom. The number of carbonyl (C=O) groups is 2. The molecule has 1 saturated heterocycles. The first kappa shape index (κ1) is 18.0. The van der Waals surface area contributed by atoms with Gasteiger partial charge in [0.2, 0.25) is 0 Å². The van der Waals surface area contributed by atoms with Crippen LogP contribution in [0.2, 0.25) is 0 Å². The molecule has 2 unspecified atom stereocenters. The first-order chi connectivity index (χ1) is 12.4. The van der Waals surface area contributed by atoms with E-state index in [0.717, 1.165) is 0 Å². The maximum absolute atomic E-state index is 13.8. The van der Waals surface area contributed by atoms with E-state index in [0.29, 0.717) is 17.1 Å². The Balaban J connectivity index is 1.83. The zero-order chi connectivity index (χ0) is 18.8. The molecule has 2 aromatic rings. The minimum absolute atomic E-state index is 0.0887. The minimum atomic E-state index is -0.793. The highest BCUT2D eigenvalue weighted by molar-refractivity contribution is 5.98. The van der Waals surface area contributed by atoms with E-state index in [1.165, 1.54) is 24.1 Å². The number of hydrogen-bond donors (Lipinski definition) is 0. The van der Waals surface area contributed by atoms with Crippen LogP contribution in [0.1, 0.15) is 28.3 Å². The predicted molar refractivity (Wildman–Crippen MR) is 90.5 cm³/mol. The number of nitrogens with zero attached hydrogens (tertiary/aromatic N) is 1. The normalized spacial score (nSPS) is 19.5. The second kappa shape index (κ2) is 7.19. The first-order valence-corrected chi connectivity index (χ1v) is 8.27. The Morgan fingerprint density at radius 3 is 2.62 bits per heavy atom. The molecular weight excluding hydrogens is 341 g/mol. The van der Waals surface area contributed by atoms with Gasteiger partial charge in [0.25, 0.3) is 5.91 Å². The van der Waals surface area contributed by atoms with Crippen LogP contribution in [-0.4, -0.2) is 42.6 Å². The monoisotopic (exact) mass is 361 g/mol. The molecule has 0 N–H and O–H groups in total. The molecule has 138 valence electrons. The zero-order valence-electron chi connectivity index (χ0n) is 14.8. The molecular formula is C19H20FNO5. The fourth-order valence-electron chi connectivity index (χ4n) is 3.18. The molecule has 2 atom stereocenters. The topological polar surface area (TPSA) is 69.0 Å². The molecule has 26 heavy (non-hydrogen) atoms. The largest absolute Gasteiger partial charge is 0.485 e. The van der Waals surface area contributed by atoms with Crippen molar-refractivity contribution in [3.63, 3.8) is 0 Å². The van der Waals surface area contributed by atoms with Crippen molar-refractivity contribution in [1.29, 1.82) is 0 Å². The molecule has 1 amide bonds. The summed E-state index contributed by atoms with van der Waals surface area (Å²) in [4.78, 5) is 26.4. The molecule has 6 nitrogen and oxygen atoms in total. The van der Waals surface area contributed by atoms with Crippen LogP contribution >= 0.6 is 0 Å². The Bertz CT molecular complexity index is 831. The van der Waals surface area contributed by atoms with Crippen molar-refractivity contribution in [3.05, 3.63) is 53.2 Å². The number of rotatable bonds is 4. The number of benzene rings is 1. The van der Waals surface area contributed by atoms with Crippen molar-refractivity contribution in [3.8, 4) is 5.75 Å². The van der Waals surface area contributed by atoms with Gasteiger partial charge in [-0.2, -0.15) is 0 Å². The lowest BCUT2D eigenvalue weighted by Crippen LogP contribution is -2.41. The van der Waals surface area contributed by atoms with Gasteiger partial charge in [0, 0.05) is 6.42 Å². The Labute approximate surface area is 150 Å². The molecule has 1 fully saturated rings. The fourth-order valence-corrected chi connectivity index (χ4v) is 3.18. The highest BCUT2D eigenvalue weighted by Gasteiger charge is 2.42. The summed E-state index contributed by atoms with van der Waals surface area (Å²) in [7, 11) is 1.27. The predicted octanol–water partition coefficient (Wildman–Crippen LogP) is 2.87. The standard InChI is InChI=1S/C19H20FNO5/c1-11-8-14(12(2)25-11)18(22)21-10-13(9-16(21)19(23)24-3)26-17-7-5-4-6-15(17)20/h4-8,13,16H,9-10H2,1-3H3. The van der Waals surface area contributed by atoms with Gasteiger partial charge in [-0.1, -0.05) is 12.1 Å². The lowest BCUT2D eigenvalue weighted by Gasteiger charge is -2.22. The number of aryl methyl sites for hydroxylation is 2. The van der Waals surface area contributed by atoms with Crippen molar-refractivity contribution in [1.82, 2.24) is 4.90 Å². The SMILES string of the molecule is COC(=O)C1CC(Oc2ccccc2F)CN1C(=O)c1cc(C)oc1C. The van der Waals surface area contributed by atoms with Gasteiger partial charge < -0.3 is 18.8 Å². The third kappa shape index (κ3) is 3.42. The maximum atomic E-state index is 13.8. The number of ether oxygens (including phenoxy) is 2. The van der Waals surface area contributed by atoms with Crippen LogP contribution in [0.5, 0.6) is 5.75 Å². The Kier molecular flexibility index (Phi) is 4.97. The van der Waals surface area contributed by atoms with E-state index in [4.69, 9.17) is 13.9 Å². The number of hydrogen-bond acceptors (Lipinski definition) is 5. The lowest BCUT2D eigenvalue weighted by molar-refractivity contribution is -0.145. The summed E-state index contributed by atoms with van der Waals surface area (Å²) in [6, 6.07) is 6.87. The zero-order valence-corrected chi connectivity index (χ0v) is 14.8. The highest BCUT2D eigenvalue weighted by Crippen LogP contribution is 2.28. The minimum Gasteiger partial charge on any atom is -0.485 e. The second-order valence-corrected chi connectivity index (χ2v) is 6.23. The fraction of sp³-hybridized carbons (Fsp3) is 0.368. The molecule has 1 aromatic heterocycles. The third-order valence-corrected chi connectivity index (χ3v) is 4.40. The third-order valence-electron chi connectivity index (χ3n) is 4.40. The summed E-state index contributed by atoms with van der Waals surface area (Å²) < 4.78 is 29.7. The smallest absolute Gasteiger partial charge is 0.328 e. The second-order valence-electron chi connectivity index (χ2n) is 6.23. The number of amides is 1. The average Bonchev–Trinajstić information content (AvgIpc) is 3.18. The maximum Gasteiger partial charge on any atom is 0.328 e. The number of para-hydroxylation sites is 1. The first-order valence-electron chi connectivity index (χ1n) is 8.27. The van der Waals surface area contributed by atoms with E-state index < -0.39 is 23.9 Å². The molecule has 1 aliphatic heterocycles. The van der Waals surface area contributed by atoms with E-state index in [-0.39, 0.29) is 24.6 Å². The van der Waals surface area contributed by atoms with Crippen molar-refractivity contribution in [2.24, 2.45) is 0 Å². The molecule has 2 heterocycles. The van der Waals surface area contributed by atoms with Gasteiger partial charge in [0.15, 0.2) is 11.6 Å². The number of furan rings is 1. The molecule has 0 bridgehead atoms. The van der Waals surface area contributed by atoms with E-state index in [1.807, 2.05) is 0 Å². The van der Waals surface area contributed by atoms with Crippen molar-refractivity contribution in [2.75, 3.05) is 13.7 Å². The molecule has 0 aliphatic carbocycles. The number of halogens is 1. The average molecular weight is 361 g/mol. The summed E-state index contributed by atoms with van der Waals surface area (Å²) >= 11 is 0. The van der Waals surface area contributed by atoms with Crippen LogP contribution in [0.4, 0.5) is 4.39 Å². The van der Waals surface area contributed by atoms with Crippen LogP contribution in [0, 0.1) is 19.7 Å². The number of methoxy groups -OCH3 is 1. The number of esters is 1. The van der Waals surface area contributed by atoms with Crippen LogP contribution < -0.4 is 4.74 Å². The van der Waals surface area contributed by atoms with Crippen LogP contribution in [-0.2, 0) is 9.53 Å². The highest BCUT2D eigenvalue weighted by atomic mass is 19.1. The lowest BCUT2D eigenvalue weighted by atomic mass is 10.1. The molecule has 3 rings (SSSR count). The van der Waals surface area contributed by atoms with Gasteiger partial charge in [-0.15, -0.1) is 0 Å². The van der Waals surface area contributed by atoms with Crippen molar-refractivity contribution >= 4 is 11.9 Å². The van der Waals surface area contributed by atoms with Gasteiger partial charge in [-0.25, -0.2) is 9.18 Å². The molecule has 7 heteroatoms. The molecule has 0 saturated carbocycles. The van der Waals surface area contributed by atoms with E-state index in [9.17, 15) is 14.0 Å². The number of carbonyl (C=O) groups excluding carboxylic acids is 2. The van der Waals surface area contributed by atoms with Crippen LogP contribution in [0.3, 0.4) is 0 Å². The number of likely N-dealkylation sites (tertiary alicyclic amines) is 1. The molecule has 1 aromatic carbocycles. The van der Waals surface area contributed by atoms with Crippen molar-refractivity contribution in [2.45, 2.75) is 32.4 Å². The Morgan fingerprint density at radius 1 is 1.27 bits per heavy atom. The molecule has 0 radical (unpaired) electrons. The van der Waals surface area contributed by atoms with Crippen LogP contribution in [0.15, 0.2) is 34.7 Å². The van der Waals surface area contributed by atoms with E-state index >= 15 is 0 Å². The Hall–Kier alpha value is -2.83. The van der Waals surface area contributed by atoms with Crippen molar-refractivity contribution < 1.29 is 27.9 Å². The van der Waals surface area contributed by atoms with E-state index in [2.05, 4.69) is 0 Å². The van der Waals surface area contributed by atoms with Gasteiger partial charge in [-0.3, -0.25) is 4.79 Å². The summed E-state index contributed by atoms with van der Waals surface area (Å²) in [5.74, 6) is -0.183.